The average molecular weight is 446 g/mol. The summed E-state index contributed by atoms with van der Waals surface area (Å²) in [6.45, 7) is 0. The topological polar surface area (TPSA) is 88.5 Å². The van der Waals surface area contributed by atoms with Gasteiger partial charge in [0.25, 0.3) is 0 Å². The molecule has 1 aliphatic carbocycles. The zero-order valence-electron chi connectivity index (χ0n) is 18.1. The van der Waals surface area contributed by atoms with E-state index in [2.05, 4.69) is 5.32 Å². The molecule has 164 valence electrons. The van der Waals surface area contributed by atoms with E-state index in [1.54, 1.807) is 61.7 Å². The molecule has 0 aliphatic heterocycles. The molecule has 6 nitrogen and oxygen atoms in total. The van der Waals surface area contributed by atoms with Crippen molar-refractivity contribution >= 4 is 44.7 Å². The maximum absolute atomic E-state index is 13.7. The zero-order valence-corrected chi connectivity index (χ0v) is 18.1. The lowest BCUT2D eigenvalue weighted by Gasteiger charge is -2.23. The van der Waals surface area contributed by atoms with E-state index in [9.17, 15) is 14.7 Å². The van der Waals surface area contributed by atoms with Crippen LogP contribution >= 0.6 is 0 Å². The second-order valence-electron chi connectivity index (χ2n) is 8.11. The van der Waals surface area contributed by atoms with Crippen LogP contribution in [0.15, 0.2) is 78.9 Å². The summed E-state index contributed by atoms with van der Waals surface area (Å²) < 4.78 is 5.22. The zero-order chi connectivity index (χ0) is 23.4. The number of hydrogen-bond donors (Lipinski definition) is 2. The number of nitrogens with one attached hydrogen (secondary N) is 1. The molecule has 34 heavy (non-hydrogen) atoms. The molecule has 1 aromatic heterocycles. The van der Waals surface area contributed by atoms with Crippen LogP contribution in [0.2, 0.25) is 0 Å². The number of aromatic hydroxyl groups is 1. The van der Waals surface area contributed by atoms with Crippen molar-refractivity contribution in [3.8, 4) is 11.5 Å². The highest BCUT2D eigenvalue weighted by Gasteiger charge is 2.36. The molecule has 0 bridgehead atoms. The second kappa shape index (κ2) is 7.42. The van der Waals surface area contributed by atoms with E-state index >= 15 is 0 Å². The third kappa shape index (κ3) is 2.85. The summed E-state index contributed by atoms with van der Waals surface area (Å²) in [6.07, 6.45) is 0. The Morgan fingerprint density at radius 2 is 1.47 bits per heavy atom. The van der Waals surface area contributed by atoms with Crippen molar-refractivity contribution in [2.45, 2.75) is 0 Å². The van der Waals surface area contributed by atoms with Crippen LogP contribution < -0.4 is 10.1 Å². The lowest BCUT2D eigenvalue weighted by atomic mass is 9.81. The highest BCUT2D eigenvalue weighted by Crippen LogP contribution is 2.45. The van der Waals surface area contributed by atoms with Crippen LogP contribution in [0.1, 0.15) is 31.8 Å². The van der Waals surface area contributed by atoms with Gasteiger partial charge in [0.05, 0.1) is 35.0 Å². The molecule has 0 radical (unpaired) electrons. The molecule has 1 heterocycles. The van der Waals surface area contributed by atoms with Gasteiger partial charge in [-0.05, 0) is 36.4 Å². The molecule has 0 saturated heterocycles. The van der Waals surface area contributed by atoms with Crippen molar-refractivity contribution in [3.05, 3.63) is 101 Å². The highest BCUT2D eigenvalue weighted by molar-refractivity contribution is 6.34. The van der Waals surface area contributed by atoms with Crippen molar-refractivity contribution < 1.29 is 19.4 Å². The van der Waals surface area contributed by atoms with Crippen molar-refractivity contribution in [3.63, 3.8) is 0 Å². The van der Waals surface area contributed by atoms with Crippen LogP contribution in [0.5, 0.6) is 11.5 Å². The van der Waals surface area contributed by atoms with Crippen LogP contribution in [0.25, 0.3) is 21.8 Å². The molecule has 1 aliphatic rings. The van der Waals surface area contributed by atoms with Gasteiger partial charge in [0.2, 0.25) is 0 Å². The molecule has 0 amide bonds. The predicted molar refractivity (Wildman–Crippen MR) is 130 cm³/mol. The Labute approximate surface area is 194 Å². The number of ketones is 2. The number of pyridine rings is 1. The number of carbonyl (C=O) groups excluding carboxylic acids is 2. The summed E-state index contributed by atoms with van der Waals surface area (Å²) in [5.74, 6) is -0.0985. The molecule has 6 heteroatoms. The van der Waals surface area contributed by atoms with Crippen molar-refractivity contribution in [2.24, 2.45) is 0 Å². The quantitative estimate of drug-likeness (QED) is 0.271. The van der Waals surface area contributed by atoms with Crippen LogP contribution in [0.4, 0.5) is 11.4 Å². The number of para-hydroxylation sites is 1. The third-order valence-corrected chi connectivity index (χ3v) is 6.18. The number of nitrogens with zero attached hydrogens (tertiary/aromatic N) is 1. The molecule has 4 aromatic carbocycles. The number of phenols is 1. The lowest BCUT2D eigenvalue weighted by Crippen LogP contribution is -2.23. The van der Waals surface area contributed by atoms with Crippen molar-refractivity contribution in [1.29, 1.82) is 0 Å². The first-order chi connectivity index (χ1) is 16.6. The van der Waals surface area contributed by atoms with Crippen LogP contribution in [0, 0.1) is 0 Å². The summed E-state index contributed by atoms with van der Waals surface area (Å²) in [6, 6.07) is 23.1. The van der Waals surface area contributed by atoms with E-state index in [4.69, 9.17) is 9.72 Å². The minimum atomic E-state index is -0.339. The Morgan fingerprint density at radius 3 is 2.18 bits per heavy atom. The maximum atomic E-state index is 13.7. The lowest BCUT2D eigenvalue weighted by molar-refractivity contribution is 0.0980. The van der Waals surface area contributed by atoms with E-state index in [-0.39, 0.29) is 34.1 Å². The molecule has 0 fully saturated rings. The van der Waals surface area contributed by atoms with Crippen LogP contribution in [-0.4, -0.2) is 28.8 Å². The molecule has 0 spiro atoms. The van der Waals surface area contributed by atoms with Gasteiger partial charge < -0.3 is 15.2 Å². The third-order valence-electron chi connectivity index (χ3n) is 6.18. The fraction of sp³-hybridized carbons (Fsp3) is 0.0357. The Kier molecular flexibility index (Phi) is 4.35. The van der Waals surface area contributed by atoms with Gasteiger partial charge in [-0.2, -0.15) is 0 Å². The van der Waals surface area contributed by atoms with Crippen LogP contribution in [-0.2, 0) is 0 Å². The first-order valence-electron chi connectivity index (χ1n) is 10.7. The number of ether oxygens (including phenoxy) is 1. The van der Waals surface area contributed by atoms with Gasteiger partial charge in [0.1, 0.15) is 11.5 Å². The Bertz CT molecular complexity index is 1660. The van der Waals surface area contributed by atoms with Gasteiger partial charge in [0, 0.05) is 27.6 Å². The number of anilines is 2. The summed E-state index contributed by atoms with van der Waals surface area (Å²) >= 11 is 0. The molecule has 5 aromatic rings. The SMILES string of the molecule is COc1ccc(Nc2c3c(c4nc5ccccc5cc4c2O)C(=O)c2ccccc2C3=O)cc1. The molecule has 2 N–H and O–H groups in total. The number of hydrogen-bond acceptors (Lipinski definition) is 6. The minimum Gasteiger partial charge on any atom is -0.505 e. The fourth-order valence-electron chi connectivity index (χ4n) is 4.52. The maximum Gasteiger partial charge on any atom is 0.196 e. The predicted octanol–water partition coefficient (Wildman–Crippen LogP) is 5.62. The smallest absolute Gasteiger partial charge is 0.196 e. The standard InChI is InChI=1S/C28H18N2O4/c1-34-17-12-10-16(11-13-17)29-25-23-22(26(31)18-7-3-4-8-19(18)27(23)32)24-20(28(25)33)14-15-6-2-5-9-21(15)30-24/h2-14,29,33H,1H3. The molecule has 0 unspecified atom stereocenters. The van der Waals surface area contributed by atoms with Crippen molar-refractivity contribution in [2.75, 3.05) is 12.4 Å². The van der Waals surface area contributed by atoms with Crippen molar-refractivity contribution in [1.82, 2.24) is 4.98 Å². The Balaban J connectivity index is 1.69. The van der Waals surface area contributed by atoms with Gasteiger partial charge in [-0.1, -0.05) is 42.5 Å². The molecule has 0 saturated carbocycles. The minimum absolute atomic E-state index is 0.118. The van der Waals surface area contributed by atoms with E-state index in [1.165, 1.54) is 0 Å². The van der Waals surface area contributed by atoms with E-state index in [0.29, 0.717) is 39.0 Å². The molecule has 0 atom stereocenters. The number of rotatable bonds is 3. The second-order valence-corrected chi connectivity index (χ2v) is 8.11. The molecular weight excluding hydrogens is 428 g/mol. The van der Waals surface area contributed by atoms with Gasteiger partial charge >= 0.3 is 0 Å². The van der Waals surface area contributed by atoms with Gasteiger partial charge in [-0.15, -0.1) is 0 Å². The van der Waals surface area contributed by atoms with Gasteiger partial charge in [-0.25, -0.2) is 4.98 Å². The fourth-order valence-corrected chi connectivity index (χ4v) is 4.52. The molecule has 6 rings (SSSR count). The monoisotopic (exact) mass is 446 g/mol. The number of carbonyl (C=O) groups is 2. The number of fused-ring (bicyclic) bond motifs is 5. The number of phenolic OH excluding ortho intramolecular Hbond substituents is 1. The van der Waals surface area contributed by atoms with E-state index in [1.807, 2.05) is 24.3 Å². The van der Waals surface area contributed by atoms with E-state index < -0.39 is 0 Å². The highest BCUT2D eigenvalue weighted by atomic mass is 16.5. The summed E-state index contributed by atoms with van der Waals surface area (Å²) in [5, 5.41) is 15.8. The largest absolute Gasteiger partial charge is 0.505 e. The summed E-state index contributed by atoms with van der Waals surface area (Å²) in [4.78, 5) is 32.1. The normalized spacial score (nSPS) is 12.5. The van der Waals surface area contributed by atoms with Gasteiger partial charge in [-0.3, -0.25) is 9.59 Å². The first kappa shape index (κ1) is 19.9. The number of methoxy groups -OCH3 is 1. The van der Waals surface area contributed by atoms with E-state index in [0.717, 1.165) is 5.39 Å². The Hall–Kier alpha value is -4.71. The molecular formula is C28H18N2O4. The van der Waals surface area contributed by atoms with Gasteiger partial charge in [0.15, 0.2) is 11.6 Å². The summed E-state index contributed by atoms with van der Waals surface area (Å²) in [5.41, 5.74) is 2.73. The summed E-state index contributed by atoms with van der Waals surface area (Å²) in [7, 11) is 1.58. The average Bonchev–Trinajstić information content (AvgIpc) is 2.88. The number of benzene rings is 4. The number of aromatic nitrogens is 1. The van der Waals surface area contributed by atoms with Crippen LogP contribution in [0.3, 0.4) is 0 Å². The first-order valence-corrected chi connectivity index (χ1v) is 10.7. The Morgan fingerprint density at radius 1 is 0.824 bits per heavy atom.